The number of aromatic nitrogens is 2. The minimum atomic E-state index is 0.972. The first-order chi connectivity index (χ1) is 11.7. The fourth-order valence-corrected chi connectivity index (χ4v) is 3.54. The second-order valence-corrected chi connectivity index (χ2v) is 6.63. The average molecular weight is 314 g/mol. The molecule has 2 nitrogen and oxygen atoms in total. The Kier molecular flexibility index (Phi) is 3.81. The van der Waals surface area contributed by atoms with Crippen molar-refractivity contribution in [1.82, 2.24) is 9.78 Å². The van der Waals surface area contributed by atoms with E-state index >= 15 is 0 Å². The van der Waals surface area contributed by atoms with Crippen LogP contribution in [0.1, 0.15) is 30.2 Å². The van der Waals surface area contributed by atoms with E-state index in [1.165, 1.54) is 39.2 Å². The molecule has 1 heterocycles. The number of nitrogens with zero attached hydrogens (tertiary/aromatic N) is 2. The molecule has 0 saturated heterocycles. The molecular formula is C22H22N2. The molecule has 0 spiro atoms. The largest absolute Gasteiger partial charge is 0.240 e. The maximum Gasteiger partial charge on any atom is 0.0701 e. The van der Waals surface area contributed by atoms with E-state index in [2.05, 4.69) is 79.3 Å². The number of fused-ring (bicyclic) bond motifs is 1. The van der Waals surface area contributed by atoms with Gasteiger partial charge in [-0.2, -0.15) is 5.10 Å². The van der Waals surface area contributed by atoms with Crippen LogP contribution < -0.4 is 0 Å². The Balaban J connectivity index is 1.78. The van der Waals surface area contributed by atoms with Gasteiger partial charge in [0, 0.05) is 12.6 Å². The van der Waals surface area contributed by atoms with Gasteiger partial charge in [-0.1, -0.05) is 54.1 Å². The predicted octanol–water partition coefficient (Wildman–Crippen LogP) is 5.28. The number of aryl methyl sites for hydroxylation is 1. The lowest BCUT2D eigenvalue weighted by atomic mass is 9.99. The Morgan fingerprint density at radius 3 is 2.62 bits per heavy atom. The summed E-state index contributed by atoms with van der Waals surface area (Å²) >= 11 is 0. The first kappa shape index (κ1) is 14.9. The lowest BCUT2D eigenvalue weighted by molar-refractivity contribution is 0.839. The van der Waals surface area contributed by atoms with E-state index in [0.29, 0.717) is 0 Å². The zero-order valence-corrected chi connectivity index (χ0v) is 14.3. The zero-order valence-electron chi connectivity index (χ0n) is 14.3. The van der Waals surface area contributed by atoms with Gasteiger partial charge in [-0.25, -0.2) is 4.68 Å². The van der Waals surface area contributed by atoms with E-state index in [0.717, 1.165) is 19.3 Å². The molecule has 0 fully saturated rings. The molecule has 0 saturated carbocycles. The molecule has 3 aromatic rings. The Morgan fingerprint density at radius 1 is 0.958 bits per heavy atom. The van der Waals surface area contributed by atoms with Gasteiger partial charge in [-0.3, -0.25) is 0 Å². The second kappa shape index (κ2) is 6.12. The molecule has 4 rings (SSSR count). The van der Waals surface area contributed by atoms with Gasteiger partial charge in [-0.15, -0.1) is 0 Å². The molecule has 1 aromatic heterocycles. The molecule has 0 N–H and O–H groups in total. The van der Waals surface area contributed by atoms with E-state index in [-0.39, 0.29) is 0 Å². The minimum Gasteiger partial charge on any atom is -0.240 e. The van der Waals surface area contributed by atoms with Crippen molar-refractivity contribution >= 4 is 0 Å². The maximum absolute atomic E-state index is 4.90. The van der Waals surface area contributed by atoms with E-state index in [1.54, 1.807) is 0 Å². The first-order valence-corrected chi connectivity index (χ1v) is 8.61. The number of allylic oxidation sites excluding steroid dienone is 2. The van der Waals surface area contributed by atoms with Crippen LogP contribution in [-0.4, -0.2) is 9.78 Å². The van der Waals surface area contributed by atoms with Crippen LogP contribution in [0.25, 0.3) is 16.8 Å². The Morgan fingerprint density at radius 2 is 1.79 bits per heavy atom. The van der Waals surface area contributed by atoms with Gasteiger partial charge >= 0.3 is 0 Å². The predicted molar refractivity (Wildman–Crippen MR) is 99.5 cm³/mol. The maximum atomic E-state index is 4.90. The van der Waals surface area contributed by atoms with E-state index in [9.17, 15) is 0 Å². The highest BCUT2D eigenvalue weighted by Gasteiger charge is 2.15. The van der Waals surface area contributed by atoms with Crippen LogP contribution in [-0.2, 0) is 12.8 Å². The Labute approximate surface area is 143 Å². The highest BCUT2D eigenvalue weighted by atomic mass is 15.3. The fourth-order valence-electron chi connectivity index (χ4n) is 3.54. The Bertz CT molecular complexity index is 901. The summed E-state index contributed by atoms with van der Waals surface area (Å²) in [5, 5.41) is 4.90. The van der Waals surface area contributed by atoms with Crippen molar-refractivity contribution in [2.24, 2.45) is 0 Å². The van der Waals surface area contributed by atoms with Crippen LogP contribution in [0.2, 0.25) is 0 Å². The van der Waals surface area contributed by atoms with Gasteiger partial charge in [0.1, 0.15) is 0 Å². The van der Waals surface area contributed by atoms with Gasteiger partial charge < -0.3 is 0 Å². The van der Waals surface area contributed by atoms with Gasteiger partial charge in [-0.05, 0) is 55.0 Å². The number of hydrogen-bond donors (Lipinski definition) is 0. The van der Waals surface area contributed by atoms with Crippen molar-refractivity contribution in [1.29, 1.82) is 0 Å². The molecule has 24 heavy (non-hydrogen) atoms. The van der Waals surface area contributed by atoms with Crippen LogP contribution in [0.4, 0.5) is 0 Å². The summed E-state index contributed by atoms with van der Waals surface area (Å²) in [6.07, 6.45) is 7.74. The van der Waals surface area contributed by atoms with Crippen molar-refractivity contribution in [3.8, 4) is 16.8 Å². The minimum absolute atomic E-state index is 0.972. The highest BCUT2D eigenvalue weighted by molar-refractivity contribution is 5.70. The summed E-state index contributed by atoms with van der Waals surface area (Å²) in [6, 6.07) is 17.1. The van der Waals surface area contributed by atoms with Crippen molar-refractivity contribution in [2.45, 2.75) is 33.1 Å². The zero-order chi connectivity index (χ0) is 16.5. The van der Waals surface area contributed by atoms with Crippen LogP contribution in [0.5, 0.6) is 0 Å². The third-order valence-electron chi connectivity index (χ3n) is 4.87. The van der Waals surface area contributed by atoms with Gasteiger partial charge in [0.25, 0.3) is 0 Å². The molecule has 2 heteroatoms. The summed E-state index contributed by atoms with van der Waals surface area (Å²) in [5.41, 5.74) is 9.01. The molecule has 0 unspecified atom stereocenters. The Hall–Kier alpha value is -2.61. The van der Waals surface area contributed by atoms with Crippen LogP contribution >= 0.6 is 0 Å². The quantitative estimate of drug-likeness (QED) is 0.588. The fraction of sp³-hybridized carbons (Fsp3) is 0.227. The van der Waals surface area contributed by atoms with Crippen LogP contribution in [0, 0.1) is 6.92 Å². The third kappa shape index (κ3) is 2.69. The molecular weight excluding hydrogens is 292 g/mol. The monoisotopic (exact) mass is 314 g/mol. The topological polar surface area (TPSA) is 17.8 Å². The summed E-state index contributed by atoms with van der Waals surface area (Å²) in [7, 11) is 0. The summed E-state index contributed by atoms with van der Waals surface area (Å²) in [5.74, 6) is 0. The second-order valence-electron chi connectivity index (χ2n) is 6.63. The molecule has 0 radical (unpaired) electrons. The summed E-state index contributed by atoms with van der Waals surface area (Å²) in [6.45, 7) is 4.39. The number of rotatable bonds is 2. The molecule has 120 valence electrons. The summed E-state index contributed by atoms with van der Waals surface area (Å²) < 4.78 is 2.07. The van der Waals surface area contributed by atoms with Crippen molar-refractivity contribution in [3.63, 3.8) is 0 Å². The molecule has 0 aliphatic heterocycles. The lowest BCUT2D eigenvalue weighted by Gasteiger charge is -2.11. The van der Waals surface area contributed by atoms with Gasteiger partial charge in [0.05, 0.1) is 11.4 Å². The van der Waals surface area contributed by atoms with Crippen LogP contribution in [0.15, 0.2) is 66.4 Å². The SMILES string of the molecule is CC1=CCCc2cn(-c3cccc(-c4ccccc4)c3C)nc2C1. The van der Waals surface area contributed by atoms with Crippen molar-refractivity contribution in [2.75, 3.05) is 0 Å². The van der Waals surface area contributed by atoms with Crippen molar-refractivity contribution < 1.29 is 0 Å². The highest BCUT2D eigenvalue weighted by Crippen LogP contribution is 2.28. The van der Waals surface area contributed by atoms with E-state index in [4.69, 9.17) is 5.10 Å². The molecule has 1 aliphatic rings. The van der Waals surface area contributed by atoms with Crippen LogP contribution in [0.3, 0.4) is 0 Å². The molecule has 0 atom stereocenters. The normalized spacial score (nSPS) is 14.0. The number of hydrogen-bond acceptors (Lipinski definition) is 1. The van der Waals surface area contributed by atoms with Gasteiger partial charge in [0.2, 0.25) is 0 Å². The molecule has 0 bridgehead atoms. The lowest BCUT2D eigenvalue weighted by Crippen LogP contribution is -2.00. The molecule has 2 aromatic carbocycles. The third-order valence-corrected chi connectivity index (χ3v) is 4.87. The standard InChI is InChI=1S/C22H22N2/c1-16-8-6-11-19-15-24(23-21(19)14-16)22-13-7-12-20(17(22)2)18-9-4-3-5-10-18/h3-5,7-10,12-13,15H,6,11,14H2,1-2H3. The smallest absolute Gasteiger partial charge is 0.0701 e. The molecule has 0 amide bonds. The van der Waals surface area contributed by atoms with Crippen molar-refractivity contribution in [3.05, 3.63) is 83.2 Å². The first-order valence-electron chi connectivity index (χ1n) is 8.61. The van der Waals surface area contributed by atoms with Gasteiger partial charge in [0.15, 0.2) is 0 Å². The summed E-state index contributed by atoms with van der Waals surface area (Å²) in [4.78, 5) is 0. The average Bonchev–Trinajstić information content (AvgIpc) is 2.90. The number of benzene rings is 2. The van der Waals surface area contributed by atoms with E-state index in [1.807, 2.05) is 0 Å². The molecule has 1 aliphatic carbocycles. The van der Waals surface area contributed by atoms with E-state index < -0.39 is 0 Å².